The first-order valence-electron chi connectivity index (χ1n) is 10.6. The fraction of sp³-hybridized carbons (Fsp3) is 0.231. The van der Waals surface area contributed by atoms with Gasteiger partial charge < -0.3 is 23.7 Å². The molecule has 0 aliphatic heterocycles. The molecule has 3 aromatic rings. The van der Waals surface area contributed by atoms with Gasteiger partial charge in [0.15, 0.2) is 0 Å². The summed E-state index contributed by atoms with van der Waals surface area (Å²) in [7, 11) is 0. The average molecular weight is 450 g/mol. The average Bonchev–Trinajstić information content (AvgIpc) is 2.85. The summed E-state index contributed by atoms with van der Waals surface area (Å²) in [5.41, 5.74) is 0.704. The lowest BCUT2D eigenvalue weighted by molar-refractivity contribution is 0.0335. The molecule has 33 heavy (non-hydrogen) atoms. The van der Waals surface area contributed by atoms with Gasteiger partial charge in [-0.25, -0.2) is 9.59 Å². The molecule has 0 saturated carbocycles. The van der Waals surface area contributed by atoms with E-state index in [4.69, 9.17) is 23.7 Å². The van der Waals surface area contributed by atoms with Crippen molar-refractivity contribution < 1.29 is 33.3 Å². The standard InChI is InChI=1S/C26H26O7/c1-2-29-15-16-32-25(27)20-11-13-23(14-12-20)33-26(28)21-7-6-10-24(19-21)31-18-17-30-22-8-4-3-5-9-22/h3-14,19H,2,15-18H2,1H3. The second kappa shape index (κ2) is 12.9. The predicted molar refractivity (Wildman–Crippen MR) is 122 cm³/mol. The van der Waals surface area contributed by atoms with Gasteiger partial charge in [-0.05, 0) is 61.5 Å². The molecule has 0 bridgehead atoms. The van der Waals surface area contributed by atoms with Crippen LogP contribution in [0.4, 0.5) is 0 Å². The largest absolute Gasteiger partial charge is 0.490 e. The molecular weight excluding hydrogens is 424 g/mol. The van der Waals surface area contributed by atoms with Crippen LogP contribution in [0.5, 0.6) is 17.2 Å². The molecule has 0 amide bonds. The van der Waals surface area contributed by atoms with Crippen molar-refractivity contribution in [2.45, 2.75) is 6.92 Å². The Labute approximate surface area is 192 Å². The van der Waals surface area contributed by atoms with Gasteiger partial charge in [0, 0.05) is 6.61 Å². The van der Waals surface area contributed by atoms with Crippen molar-refractivity contribution in [3.63, 3.8) is 0 Å². The molecule has 0 fully saturated rings. The number of carbonyl (C=O) groups excluding carboxylic acids is 2. The predicted octanol–water partition coefficient (Wildman–Crippen LogP) is 4.56. The Morgan fingerprint density at radius 2 is 1.33 bits per heavy atom. The number of ether oxygens (including phenoxy) is 5. The highest BCUT2D eigenvalue weighted by atomic mass is 16.6. The molecule has 0 aliphatic rings. The SMILES string of the molecule is CCOCCOC(=O)c1ccc(OC(=O)c2cccc(OCCOc3ccccc3)c2)cc1. The van der Waals surface area contributed by atoms with E-state index in [1.807, 2.05) is 37.3 Å². The van der Waals surface area contributed by atoms with E-state index < -0.39 is 11.9 Å². The van der Waals surface area contributed by atoms with Crippen molar-refractivity contribution in [3.8, 4) is 17.2 Å². The summed E-state index contributed by atoms with van der Waals surface area (Å²) in [4.78, 5) is 24.5. The molecule has 0 atom stereocenters. The van der Waals surface area contributed by atoms with Crippen LogP contribution in [0, 0.1) is 0 Å². The van der Waals surface area contributed by atoms with Crippen LogP contribution in [-0.4, -0.2) is 45.0 Å². The minimum atomic E-state index is -0.534. The molecule has 3 aromatic carbocycles. The first kappa shape index (κ1) is 23.8. The van der Waals surface area contributed by atoms with Gasteiger partial charge in [0.2, 0.25) is 0 Å². The highest BCUT2D eigenvalue weighted by Crippen LogP contribution is 2.18. The lowest BCUT2D eigenvalue weighted by Crippen LogP contribution is -2.12. The van der Waals surface area contributed by atoms with E-state index >= 15 is 0 Å². The van der Waals surface area contributed by atoms with E-state index in [-0.39, 0.29) is 6.61 Å². The molecule has 0 heterocycles. The van der Waals surface area contributed by atoms with Gasteiger partial charge in [-0.15, -0.1) is 0 Å². The highest BCUT2D eigenvalue weighted by Gasteiger charge is 2.12. The Hall–Kier alpha value is -3.84. The minimum Gasteiger partial charge on any atom is -0.490 e. The van der Waals surface area contributed by atoms with Gasteiger partial charge in [-0.2, -0.15) is 0 Å². The molecule has 0 spiro atoms. The van der Waals surface area contributed by atoms with Crippen molar-refractivity contribution in [1.82, 2.24) is 0 Å². The smallest absolute Gasteiger partial charge is 0.343 e. The van der Waals surface area contributed by atoms with Crippen LogP contribution in [-0.2, 0) is 9.47 Å². The molecule has 0 radical (unpaired) electrons. The maximum absolute atomic E-state index is 12.5. The Balaban J connectivity index is 1.47. The van der Waals surface area contributed by atoms with Gasteiger partial charge in [-0.1, -0.05) is 24.3 Å². The highest BCUT2D eigenvalue weighted by molar-refractivity contribution is 5.92. The van der Waals surface area contributed by atoms with Gasteiger partial charge >= 0.3 is 11.9 Å². The molecule has 0 aromatic heterocycles. The van der Waals surface area contributed by atoms with Gasteiger partial charge in [0.05, 0.1) is 17.7 Å². The minimum absolute atomic E-state index is 0.181. The monoisotopic (exact) mass is 450 g/mol. The molecular formula is C26H26O7. The Kier molecular flexibility index (Phi) is 9.29. The summed E-state index contributed by atoms with van der Waals surface area (Å²) < 4.78 is 26.9. The number of esters is 2. The fourth-order valence-electron chi connectivity index (χ4n) is 2.79. The zero-order valence-electron chi connectivity index (χ0n) is 18.4. The topological polar surface area (TPSA) is 80.3 Å². The normalized spacial score (nSPS) is 10.3. The van der Waals surface area contributed by atoms with Crippen molar-refractivity contribution >= 4 is 11.9 Å². The molecule has 172 valence electrons. The summed E-state index contributed by atoms with van der Waals surface area (Å²) >= 11 is 0. The number of hydrogen-bond donors (Lipinski definition) is 0. The third kappa shape index (κ3) is 7.97. The van der Waals surface area contributed by atoms with Crippen molar-refractivity contribution in [1.29, 1.82) is 0 Å². The third-order valence-electron chi connectivity index (χ3n) is 4.40. The van der Waals surface area contributed by atoms with Crippen LogP contribution in [0.1, 0.15) is 27.6 Å². The Morgan fingerprint density at radius 3 is 2.06 bits per heavy atom. The van der Waals surface area contributed by atoms with Crippen molar-refractivity contribution in [3.05, 3.63) is 90.0 Å². The van der Waals surface area contributed by atoms with Gasteiger partial charge in [0.1, 0.15) is 37.1 Å². The molecule has 0 N–H and O–H groups in total. The first-order chi connectivity index (χ1) is 16.2. The van der Waals surface area contributed by atoms with Crippen LogP contribution < -0.4 is 14.2 Å². The maximum Gasteiger partial charge on any atom is 0.343 e. The second-order valence-corrected chi connectivity index (χ2v) is 6.78. The number of hydrogen-bond acceptors (Lipinski definition) is 7. The van der Waals surface area contributed by atoms with E-state index in [1.165, 1.54) is 24.3 Å². The molecule has 7 nitrogen and oxygen atoms in total. The Morgan fingerprint density at radius 1 is 0.636 bits per heavy atom. The van der Waals surface area contributed by atoms with Crippen LogP contribution in [0.3, 0.4) is 0 Å². The van der Waals surface area contributed by atoms with E-state index in [0.29, 0.717) is 49.1 Å². The summed E-state index contributed by atoms with van der Waals surface area (Å²) in [6, 6.07) is 22.3. The Bertz CT molecular complexity index is 1020. The number of para-hydroxylation sites is 1. The van der Waals surface area contributed by atoms with Gasteiger partial charge in [-0.3, -0.25) is 0 Å². The third-order valence-corrected chi connectivity index (χ3v) is 4.40. The van der Waals surface area contributed by atoms with Crippen LogP contribution in [0.2, 0.25) is 0 Å². The van der Waals surface area contributed by atoms with E-state index in [0.717, 1.165) is 5.75 Å². The zero-order chi connectivity index (χ0) is 23.3. The van der Waals surface area contributed by atoms with Crippen LogP contribution in [0.25, 0.3) is 0 Å². The lowest BCUT2D eigenvalue weighted by Gasteiger charge is -2.10. The maximum atomic E-state index is 12.5. The van der Waals surface area contributed by atoms with Crippen molar-refractivity contribution in [2.24, 2.45) is 0 Å². The summed E-state index contributed by atoms with van der Waals surface area (Å²) in [6.45, 7) is 3.66. The number of benzene rings is 3. The zero-order valence-corrected chi connectivity index (χ0v) is 18.4. The van der Waals surface area contributed by atoms with Gasteiger partial charge in [0.25, 0.3) is 0 Å². The number of carbonyl (C=O) groups is 2. The van der Waals surface area contributed by atoms with Crippen LogP contribution >= 0.6 is 0 Å². The summed E-state index contributed by atoms with van der Waals surface area (Å²) in [6.07, 6.45) is 0. The lowest BCUT2D eigenvalue weighted by atomic mass is 10.2. The van der Waals surface area contributed by atoms with Crippen LogP contribution in [0.15, 0.2) is 78.9 Å². The fourth-order valence-corrected chi connectivity index (χ4v) is 2.79. The molecule has 7 heteroatoms. The second-order valence-electron chi connectivity index (χ2n) is 6.78. The quantitative estimate of drug-likeness (QED) is 0.227. The molecule has 3 rings (SSSR count). The van der Waals surface area contributed by atoms with E-state index in [9.17, 15) is 9.59 Å². The summed E-state index contributed by atoms with van der Waals surface area (Å²) in [5, 5.41) is 0. The number of rotatable bonds is 12. The van der Waals surface area contributed by atoms with E-state index in [2.05, 4.69) is 0 Å². The molecule has 0 aliphatic carbocycles. The summed E-state index contributed by atoms with van der Waals surface area (Å²) in [5.74, 6) is 0.615. The molecule has 0 unspecified atom stereocenters. The van der Waals surface area contributed by atoms with E-state index in [1.54, 1.807) is 24.3 Å². The van der Waals surface area contributed by atoms with Crippen molar-refractivity contribution in [2.75, 3.05) is 33.0 Å². The first-order valence-corrected chi connectivity index (χ1v) is 10.6. The molecule has 0 saturated heterocycles.